The Labute approximate surface area is 153 Å². The van der Waals surface area contributed by atoms with Gasteiger partial charge >= 0.3 is 5.97 Å². The molecule has 6 nitrogen and oxygen atoms in total. The average Bonchev–Trinajstić information content (AvgIpc) is 2.93. The van der Waals surface area contributed by atoms with E-state index in [1.54, 1.807) is 14.0 Å². The van der Waals surface area contributed by atoms with Crippen molar-refractivity contribution < 1.29 is 23.8 Å². The highest BCUT2D eigenvalue weighted by molar-refractivity contribution is 5.97. The van der Waals surface area contributed by atoms with Crippen molar-refractivity contribution in [2.45, 2.75) is 39.7 Å². The van der Waals surface area contributed by atoms with Gasteiger partial charge in [-0.1, -0.05) is 32.0 Å². The zero-order valence-corrected chi connectivity index (χ0v) is 15.5. The third kappa shape index (κ3) is 4.65. The minimum absolute atomic E-state index is 0.163. The number of carboxylic acids is 1. The molecule has 1 amide bonds. The number of aliphatic carboxylic acids is 1. The zero-order chi connectivity index (χ0) is 19.3. The van der Waals surface area contributed by atoms with Gasteiger partial charge in [0.1, 0.15) is 17.9 Å². The smallest absolute Gasteiger partial charge is 0.311 e. The second-order valence-corrected chi connectivity index (χ2v) is 6.68. The maximum atomic E-state index is 12.9. The maximum absolute atomic E-state index is 12.9. The number of aryl methyl sites for hydroxylation is 1. The molecule has 0 bridgehead atoms. The minimum Gasteiger partial charge on any atom is -0.496 e. The van der Waals surface area contributed by atoms with Crippen LogP contribution in [0.1, 0.15) is 53.6 Å². The number of hydrogen-bond donors (Lipinski definition) is 2. The standard InChI is InChI=1S/C20H25NO5/c1-12(2)9-15(14-7-5-6-8-16(14)25-4)21-20(24)19-13(3)11-26-17(19)10-18(22)23/h5-8,11-12,15H,9-10H2,1-4H3,(H,21,24)(H,22,23). The molecule has 0 spiro atoms. The van der Waals surface area contributed by atoms with Gasteiger partial charge < -0.3 is 19.6 Å². The van der Waals surface area contributed by atoms with Gasteiger partial charge in [-0.15, -0.1) is 0 Å². The first kappa shape index (κ1) is 19.6. The van der Waals surface area contributed by atoms with Crippen LogP contribution in [0.25, 0.3) is 0 Å². The molecule has 140 valence electrons. The number of ether oxygens (including phenoxy) is 1. The highest BCUT2D eigenvalue weighted by atomic mass is 16.5. The molecule has 26 heavy (non-hydrogen) atoms. The van der Waals surface area contributed by atoms with Gasteiger partial charge in [-0.3, -0.25) is 9.59 Å². The molecule has 1 heterocycles. The van der Waals surface area contributed by atoms with Gasteiger partial charge in [0.15, 0.2) is 0 Å². The molecule has 1 atom stereocenters. The Bertz CT molecular complexity index is 778. The number of hydrogen-bond acceptors (Lipinski definition) is 4. The number of rotatable bonds is 8. The molecule has 1 aromatic heterocycles. The molecule has 0 aliphatic heterocycles. The summed E-state index contributed by atoms with van der Waals surface area (Å²) in [5.41, 5.74) is 1.79. The van der Waals surface area contributed by atoms with Crippen LogP contribution in [0.2, 0.25) is 0 Å². The number of furan rings is 1. The summed E-state index contributed by atoms with van der Waals surface area (Å²) >= 11 is 0. The molecule has 2 aromatic rings. The van der Waals surface area contributed by atoms with Crippen molar-refractivity contribution in [3.63, 3.8) is 0 Å². The van der Waals surface area contributed by atoms with Crippen molar-refractivity contribution in [3.8, 4) is 5.75 Å². The van der Waals surface area contributed by atoms with E-state index in [9.17, 15) is 9.59 Å². The number of carbonyl (C=O) groups excluding carboxylic acids is 1. The third-order valence-corrected chi connectivity index (χ3v) is 4.12. The van der Waals surface area contributed by atoms with Gasteiger partial charge in [-0.2, -0.15) is 0 Å². The topological polar surface area (TPSA) is 88.8 Å². The molecule has 0 aliphatic rings. The number of nitrogens with one attached hydrogen (secondary N) is 1. The number of benzene rings is 1. The normalized spacial score (nSPS) is 12.0. The van der Waals surface area contributed by atoms with Crippen molar-refractivity contribution in [1.29, 1.82) is 0 Å². The van der Waals surface area contributed by atoms with Crippen LogP contribution in [-0.2, 0) is 11.2 Å². The van der Waals surface area contributed by atoms with E-state index in [4.69, 9.17) is 14.3 Å². The zero-order valence-electron chi connectivity index (χ0n) is 15.5. The lowest BCUT2D eigenvalue weighted by Crippen LogP contribution is -2.30. The number of para-hydroxylation sites is 1. The van der Waals surface area contributed by atoms with E-state index in [1.807, 2.05) is 24.3 Å². The minimum atomic E-state index is -1.04. The van der Waals surface area contributed by atoms with Crippen molar-refractivity contribution in [2.75, 3.05) is 7.11 Å². The Hall–Kier alpha value is -2.76. The fourth-order valence-corrected chi connectivity index (χ4v) is 2.99. The van der Waals surface area contributed by atoms with Gasteiger partial charge in [0.2, 0.25) is 0 Å². The Balaban J connectivity index is 2.33. The Morgan fingerprint density at radius 3 is 2.58 bits per heavy atom. The van der Waals surface area contributed by atoms with E-state index < -0.39 is 5.97 Å². The van der Waals surface area contributed by atoms with Gasteiger partial charge in [0.25, 0.3) is 5.91 Å². The largest absolute Gasteiger partial charge is 0.496 e. The first-order chi connectivity index (χ1) is 12.3. The van der Waals surface area contributed by atoms with Crippen LogP contribution < -0.4 is 10.1 Å². The van der Waals surface area contributed by atoms with Gasteiger partial charge in [-0.25, -0.2) is 0 Å². The first-order valence-electron chi connectivity index (χ1n) is 8.56. The van der Waals surface area contributed by atoms with E-state index in [2.05, 4.69) is 19.2 Å². The van der Waals surface area contributed by atoms with Crippen LogP contribution in [0, 0.1) is 12.8 Å². The summed E-state index contributed by atoms with van der Waals surface area (Å²) < 4.78 is 10.7. The van der Waals surface area contributed by atoms with Crippen LogP contribution in [0.5, 0.6) is 5.75 Å². The SMILES string of the molecule is COc1ccccc1C(CC(C)C)NC(=O)c1c(C)coc1CC(=O)O. The van der Waals surface area contributed by atoms with E-state index in [0.29, 0.717) is 17.2 Å². The summed E-state index contributed by atoms with van der Waals surface area (Å²) in [6.07, 6.45) is 1.80. The second-order valence-electron chi connectivity index (χ2n) is 6.68. The van der Waals surface area contributed by atoms with Crippen molar-refractivity contribution in [2.24, 2.45) is 5.92 Å². The van der Waals surface area contributed by atoms with Crippen molar-refractivity contribution in [1.82, 2.24) is 5.32 Å². The lowest BCUT2D eigenvalue weighted by atomic mass is 9.95. The predicted octanol–water partition coefficient (Wildman–Crippen LogP) is 3.74. The molecule has 0 radical (unpaired) electrons. The molecule has 6 heteroatoms. The van der Waals surface area contributed by atoms with Gasteiger partial charge in [0.05, 0.1) is 25.0 Å². The number of methoxy groups -OCH3 is 1. The molecular formula is C20H25NO5. The molecule has 0 saturated carbocycles. The summed E-state index contributed by atoms with van der Waals surface area (Å²) in [7, 11) is 1.60. The van der Waals surface area contributed by atoms with Crippen LogP contribution in [0.15, 0.2) is 34.9 Å². The molecule has 2 N–H and O–H groups in total. The lowest BCUT2D eigenvalue weighted by Gasteiger charge is -2.23. The van der Waals surface area contributed by atoms with Gasteiger partial charge in [-0.05, 0) is 25.3 Å². The van der Waals surface area contributed by atoms with Crippen LogP contribution in [0.4, 0.5) is 0 Å². The lowest BCUT2D eigenvalue weighted by molar-refractivity contribution is -0.136. The number of carboxylic acid groups (broad SMARTS) is 1. The molecule has 1 aromatic carbocycles. The highest BCUT2D eigenvalue weighted by Gasteiger charge is 2.25. The van der Waals surface area contributed by atoms with Crippen LogP contribution >= 0.6 is 0 Å². The van der Waals surface area contributed by atoms with E-state index >= 15 is 0 Å². The summed E-state index contributed by atoms with van der Waals surface area (Å²) in [5, 5.41) is 12.0. The molecule has 0 saturated heterocycles. The Morgan fingerprint density at radius 2 is 1.96 bits per heavy atom. The summed E-state index contributed by atoms with van der Waals surface area (Å²) in [5.74, 6) is -0.181. The van der Waals surface area contributed by atoms with Gasteiger partial charge in [0, 0.05) is 11.1 Å². The van der Waals surface area contributed by atoms with E-state index in [1.165, 1.54) is 6.26 Å². The van der Waals surface area contributed by atoms with Crippen molar-refractivity contribution >= 4 is 11.9 Å². The monoisotopic (exact) mass is 359 g/mol. The maximum Gasteiger partial charge on any atom is 0.311 e. The van der Waals surface area contributed by atoms with Crippen molar-refractivity contribution in [3.05, 3.63) is 53.0 Å². The third-order valence-electron chi connectivity index (χ3n) is 4.12. The number of carbonyl (C=O) groups is 2. The fraction of sp³-hybridized carbons (Fsp3) is 0.400. The average molecular weight is 359 g/mol. The number of amides is 1. The molecule has 2 rings (SSSR count). The summed E-state index contributed by atoms with van der Waals surface area (Å²) in [6, 6.07) is 7.30. The predicted molar refractivity (Wildman–Crippen MR) is 97.4 cm³/mol. The molecule has 0 aliphatic carbocycles. The van der Waals surface area contributed by atoms with E-state index in [0.717, 1.165) is 12.0 Å². The van der Waals surface area contributed by atoms with Crippen LogP contribution in [0.3, 0.4) is 0 Å². The Morgan fingerprint density at radius 1 is 1.27 bits per heavy atom. The summed E-state index contributed by atoms with van der Waals surface area (Å²) in [4.78, 5) is 23.9. The first-order valence-corrected chi connectivity index (χ1v) is 8.56. The summed E-state index contributed by atoms with van der Waals surface area (Å²) in [6.45, 7) is 5.88. The quantitative estimate of drug-likeness (QED) is 0.749. The Kier molecular flexibility index (Phi) is 6.44. The fourth-order valence-electron chi connectivity index (χ4n) is 2.99. The van der Waals surface area contributed by atoms with E-state index in [-0.39, 0.29) is 29.7 Å². The molecule has 1 unspecified atom stereocenters. The van der Waals surface area contributed by atoms with Crippen LogP contribution in [-0.4, -0.2) is 24.1 Å². The molecule has 0 fully saturated rings. The molecular weight excluding hydrogens is 334 g/mol. The second kappa shape index (κ2) is 8.56. The highest BCUT2D eigenvalue weighted by Crippen LogP contribution is 2.30.